The molecule has 0 aliphatic rings. The Balaban J connectivity index is 1.94. The SMILES string of the molecule is Cc1cc(C)n2nc(C(=O)Nc3cc(C(F)(F)F)ccc3OCC(F)(F)F)nc2n1. The van der Waals surface area contributed by atoms with Gasteiger partial charge < -0.3 is 10.1 Å². The van der Waals surface area contributed by atoms with E-state index in [2.05, 4.69) is 25.1 Å². The molecule has 1 amide bonds. The van der Waals surface area contributed by atoms with Crippen LogP contribution in [0, 0.1) is 13.8 Å². The second kappa shape index (κ2) is 7.46. The standard InChI is InChI=1S/C17H13F6N5O2/c1-8-5-9(2)28-15(24-8)26-13(27-28)14(29)25-11-6-10(17(21,22)23)3-4-12(11)30-7-16(18,19)20/h3-6H,7H2,1-2H3,(H,25,29). The number of aromatic nitrogens is 4. The number of halogens is 6. The summed E-state index contributed by atoms with van der Waals surface area (Å²) in [7, 11) is 0. The molecule has 0 unspecified atom stereocenters. The van der Waals surface area contributed by atoms with Crippen LogP contribution in [-0.4, -0.2) is 38.3 Å². The van der Waals surface area contributed by atoms with Gasteiger partial charge in [0, 0.05) is 11.4 Å². The molecule has 0 aliphatic heterocycles. The molecule has 13 heteroatoms. The summed E-state index contributed by atoms with van der Waals surface area (Å²) in [5.74, 6) is -2.00. The Kier molecular flexibility index (Phi) is 5.31. The molecule has 3 aromatic rings. The summed E-state index contributed by atoms with van der Waals surface area (Å²) in [4.78, 5) is 20.4. The Morgan fingerprint density at radius 2 is 1.80 bits per heavy atom. The Hall–Kier alpha value is -3.38. The van der Waals surface area contributed by atoms with Crippen molar-refractivity contribution in [2.75, 3.05) is 11.9 Å². The fourth-order valence-corrected chi connectivity index (χ4v) is 2.53. The number of nitrogens with one attached hydrogen (secondary N) is 1. The molecular formula is C17H13F6N5O2. The van der Waals surface area contributed by atoms with Gasteiger partial charge in [-0.2, -0.15) is 31.3 Å². The number of benzene rings is 1. The molecule has 0 spiro atoms. The number of hydrogen-bond acceptors (Lipinski definition) is 5. The minimum absolute atomic E-state index is 0.0789. The average Bonchev–Trinajstić information content (AvgIpc) is 3.03. The van der Waals surface area contributed by atoms with Crippen molar-refractivity contribution in [2.45, 2.75) is 26.2 Å². The molecule has 1 aromatic carbocycles. The van der Waals surface area contributed by atoms with Crippen LogP contribution in [0.1, 0.15) is 27.6 Å². The van der Waals surface area contributed by atoms with Crippen molar-refractivity contribution >= 4 is 17.4 Å². The third-order valence-electron chi connectivity index (χ3n) is 3.77. The third kappa shape index (κ3) is 4.78. The maximum Gasteiger partial charge on any atom is 0.422 e. The highest BCUT2D eigenvalue weighted by atomic mass is 19.4. The van der Waals surface area contributed by atoms with Crippen LogP contribution in [0.15, 0.2) is 24.3 Å². The lowest BCUT2D eigenvalue weighted by Gasteiger charge is -2.15. The van der Waals surface area contributed by atoms with E-state index in [0.717, 1.165) is 0 Å². The van der Waals surface area contributed by atoms with E-state index in [4.69, 9.17) is 0 Å². The lowest BCUT2D eigenvalue weighted by atomic mass is 10.1. The molecule has 0 fully saturated rings. The smallest absolute Gasteiger partial charge is 0.422 e. The lowest BCUT2D eigenvalue weighted by molar-refractivity contribution is -0.153. The van der Waals surface area contributed by atoms with Crippen LogP contribution in [0.5, 0.6) is 5.75 Å². The number of hydrogen-bond donors (Lipinski definition) is 1. The molecule has 0 atom stereocenters. The van der Waals surface area contributed by atoms with Gasteiger partial charge in [0.25, 0.3) is 11.7 Å². The summed E-state index contributed by atoms with van der Waals surface area (Å²) < 4.78 is 82.0. The lowest BCUT2D eigenvalue weighted by Crippen LogP contribution is -2.21. The molecule has 0 saturated heterocycles. The van der Waals surface area contributed by atoms with Crippen LogP contribution < -0.4 is 10.1 Å². The van der Waals surface area contributed by atoms with Crippen LogP contribution >= 0.6 is 0 Å². The molecule has 2 aromatic heterocycles. The van der Waals surface area contributed by atoms with E-state index in [1.165, 1.54) is 4.52 Å². The molecule has 160 valence electrons. The molecule has 3 rings (SSSR count). The highest BCUT2D eigenvalue weighted by Gasteiger charge is 2.33. The molecule has 1 N–H and O–H groups in total. The van der Waals surface area contributed by atoms with Crippen LogP contribution in [0.25, 0.3) is 5.78 Å². The van der Waals surface area contributed by atoms with Gasteiger partial charge in [-0.25, -0.2) is 9.50 Å². The number of alkyl halides is 6. The monoisotopic (exact) mass is 433 g/mol. The largest absolute Gasteiger partial charge is 0.482 e. The Morgan fingerprint density at radius 3 is 2.43 bits per heavy atom. The van der Waals surface area contributed by atoms with E-state index in [-0.39, 0.29) is 5.78 Å². The molecule has 7 nitrogen and oxygen atoms in total. The topological polar surface area (TPSA) is 81.4 Å². The molecule has 0 radical (unpaired) electrons. The van der Waals surface area contributed by atoms with Gasteiger partial charge in [-0.05, 0) is 38.1 Å². The van der Waals surface area contributed by atoms with Gasteiger partial charge in [0.05, 0.1) is 11.3 Å². The molecule has 0 aliphatic carbocycles. The van der Waals surface area contributed by atoms with Crippen molar-refractivity contribution in [1.82, 2.24) is 19.6 Å². The second-order valence-electron chi connectivity index (χ2n) is 6.25. The minimum Gasteiger partial charge on any atom is -0.482 e. The summed E-state index contributed by atoms with van der Waals surface area (Å²) in [5, 5.41) is 6.00. The molecule has 2 heterocycles. The van der Waals surface area contributed by atoms with E-state index in [0.29, 0.717) is 29.6 Å². The summed E-state index contributed by atoms with van der Waals surface area (Å²) >= 11 is 0. The van der Waals surface area contributed by atoms with Gasteiger partial charge in [-0.15, -0.1) is 5.10 Å². The van der Waals surface area contributed by atoms with Crippen LogP contribution in [-0.2, 0) is 6.18 Å². The van der Waals surface area contributed by atoms with E-state index in [1.807, 2.05) is 0 Å². The van der Waals surface area contributed by atoms with Gasteiger partial charge in [0.2, 0.25) is 5.82 Å². The van der Waals surface area contributed by atoms with Crippen LogP contribution in [0.2, 0.25) is 0 Å². The fourth-order valence-electron chi connectivity index (χ4n) is 2.53. The second-order valence-corrected chi connectivity index (χ2v) is 6.25. The summed E-state index contributed by atoms with van der Waals surface area (Å²) in [5.41, 5.74) is -0.607. The van der Waals surface area contributed by atoms with Gasteiger partial charge in [-0.3, -0.25) is 4.79 Å². The van der Waals surface area contributed by atoms with Crippen molar-refractivity contribution < 1.29 is 35.9 Å². The molecular weight excluding hydrogens is 420 g/mol. The summed E-state index contributed by atoms with van der Waals surface area (Å²) in [6.45, 7) is 1.61. The number of nitrogens with zero attached hydrogens (tertiary/aromatic N) is 4. The molecule has 0 bridgehead atoms. The van der Waals surface area contributed by atoms with E-state index >= 15 is 0 Å². The van der Waals surface area contributed by atoms with Gasteiger partial charge in [0.15, 0.2) is 6.61 Å². The first-order valence-corrected chi connectivity index (χ1v) is 8.27. The number of fused-ring (bicyclic) bond motifs is 1. The van der Waals surface area contributed by atoms with Crippen LogP contribution in [0.3, 0.4) is 0 Å². The van der Waals surface area contributed by atoms with Gasteiger partial charge in [-0.1, -0.05) is 0 Å². The van der Waals surface area contributed by atoms with Crippen molar-refractivity contribution in [1.29, 1.82) is 0 Å². The zero-order valence-electron chi connectivity index (χ0n) is 15.4. The number of carbonyl (C=O) groups excluding carboxylic acids is 1. The number of rotatable bonds is 4. The quantitative estimate of drug-likeness (QED) is 0.631. The van der Waals surface area contributed by atoms with E-state index in [9.17, 15) is 31.1 Å². The highest BCUT2D eigenvalue weighted by molar-refractivity contribution is 6.02. The van der Waals surface area contributed by atoms with Gasteiger partial charge in [0.1, 0.15) is 5.75 Å². The first kappa shape index (κ1) is 21.3. The Bertz CT molecular complexity index is 1110. The van der Waals surface area contributed by atoms with Crippen molar-refractivity contribution in [2.24, 2.45) is 0 Å². The predicted octanol–water partition coefficient (Wildman–Crippen LogP) is 3.95. The molecule has 0 saturated carbocycles. The molecule has 30 heavy (non-hydrogen) atoms. The summed E-state index contributed by atoms with van der Waals surface area (Å²) in [6, 6.07) is 3.36. The fraction of sp³-hybridized carbons (Fsp3) is 0.294. The Morgan fingerprint density at radius 1 is 1.10 bits per heavy atom. The average molecular weight is 433 g/mol. The van der Waals surface area contributed by atoms with Crippen molar-refractivity contribution in [3.8, 4) is 5.75 Å². The number of anilines is 1. The Labute approximate surface area is 164 Å². The predicted molar refractivity (Wildman–Crippen MR) is 91.2 cm³/mol. The summed E-state index contributed by atoms with van der Waals surface area (Å²) in [6.07, 6.45) is -9.52. The zero-order chi connectivity index (χ0) is 22.3. The van der Waals surface area contributed by atoms with Crippen molar-refractivity contribution in [3.63, 3.8) is 0 Å². The third-order valence-corrected chi connectivity index (χ3v) is 3.77. The maximum absolute atomic E-state index is 13.0. The van der Waals surface area contributed by atoms with Gasteiger partial charge >= 0.3 is 12.4 Å². The minimum atomic E-state index is -4.79. The zero-order valence-corrected chi connectivity index (χ0v) is 15.4. The first-order chi connectivity index (χ1) is 13.8. The number of carbonyl (C=O) groups is 1. The number of aryl methyl sites for hydroxylation is 2. The maximum atomic E-state index is 13.0. The number of ether oxygens (including phenoxy) is 1. The first-order valence-electron chi connectivity index (χ1n) is 8.27. The van der Waals surface area contributed by atoms with E-state index in [1.54, 1.807) is 19.9 Å². The van der Waals surface area contributed by atoms with Crippen LogP contribution in [0.4, 0.5) is 32.0 Å². The highest BCUT2D eigenvalue weighted by Crippen LogP contribution is 2.35. The van der Waals surface area contributed by atoms with E-state index < -0.39 is 47.7 Å². The normalized spacial score (nSPS) is 12.3. The number of amides is 1. The van der Waals surface area contributed by atoms with Crippen molar-refractivity contribution in [3.05, 3.63) is 47.0 Å².